The summed E-state index contributed by atoms with van der Waals surface area (Å²) in [6, 6.07) is 8.40. The number of nitrogens with zero attached hydrogens (tertiary/aromatic N) is 1. The van der Waals surface area contributed by atoms with Crippen molar-refractivity contribution in [1.29, 1.82) is 0 Å². The van der Waals surface area contributed by atoms with Gasteiger partial charge in [0.1, 0.15) is 0 Å². The van der Waals surface area contributed by atoms with Gasteiger partial charge in [-0.3, -0.25) is 14.9 Å². The van der Waals surface area contributed by atoms with Crippen LogP contribution in [-0.2, 0) is 9.59 Å². The Morgan fingerprint density at radius 2 is 1.58 bits per heavy atom. The Bertz CT molecular complexity index is 613. The number of anilines is 1. The number of carbonyl (C=O) groups excluding carboxylic acids is 2. The summed E-state index contributed by atoms with van der Waals surface area (Å²) in [6.07, 6.45) is 8.05. The van der Waals surface area contributed by atoms with Crippen molar-refractivity contribution in [2.75, 3.05) is 18.0 Å². The Hall–Kier alpha value is -1.84. The van der Waals surface area contributed by atoms with Crippen LogP contribution in [-0.4, -0.2) is 24.9 Å². The number of hydrogen-bond acceptors (Lipinski definition) is 3. The molecule has 0 radical (unpaired) electrons. The molecule has 2 amide bonds. The summed E-state index contributed by atoms with van der Waals surface area (Å²) in [5, 5.41) is 2.44. The van der Waals surface area contributed by atoms with Crippen LogP contribution in [0, 0.1) is 11.8 Å². The summed E-state index contributed by atoms with van der Waals surface area (Å²) < 4.78 is 0. The first-order chi connectivity index (χ1) is 11.7. The minimum atomic E-state index is -0.180. The van der Waals surface area contributed by atoms with E-state index in [0.29, 0.717) is 12.8 Å². The maximum absolute atomic E-state index is 12.0. The third-order valence-electron chi connectivity index (χ3n) is 5.88. The molecule has 1 aromatic rings. The van der Waals surface area contributed by atoms with Crippen LogP contribution in [0.1, 0.15) is 56.4 Å². The fraction of sp³-hybridized carbons (Fsp3) is 0.600. The van der Waals surface area contributed by atoms with E-state index in [-0.39, 0.29) is 17.7 Å². The highest BCUT2D eigenvalue weighted by Crippen LogP contribution is 2.38. The summed E-state index contributed by atoms with van der Waals surface area (Å²) in [7, 11) is 0. The quantitative estimate of drug-likeness (QED) is 0.864. The monoisotopic (exact) mass is 326 g/mol. The van der Waals surface area contributed by atoms with E-state index in [9.17, 15) is 9.59 Å². The minimum Gasteiger partial charge on any atom is -0.372 e. The highest BCUT2D eigenvalue weighted by molar-refractivity contribution is 6.00. The van der Waals surface area contributed by atoms with Gasteiger partial charge in [0, 0.05) is 25.2 Å². The van der Waals surface area contributed by atoms with Crippen LogP contribution in [0.5, 0.6) is 0 Å². The van der Waals surface area contributed by atoms with Gasteiger partial charge in [-0.2, -0.15) is 0 Å². The molecule has 1 N–H and O–H groups in total. The second-order valence-electron chi connectivity index (χ2n) is 7.70. The molecular weight excluding hydrogens is 300 g/mol. The van der Waals surface area contributed by atoms with Gasteiger partial charge in [-0.05, 0) is 55.2 Å². The zero-order valence-corrected chi connectivity index (χ0v) is 14.2. The van der Waals surface area contributed by atoms with E-state index >= 15 is 0 Å². The molecule has 1 aromatic carbocycles. The topological polar surface area (TPSA) is 49.4 Å². The van der Waals surface area contributed by atoms with Gasteiger partial charge in [0.25, 0.3) is 0 Å². The van der Waals surface area contributed by atoms with E-state index in [4.69, 9.17) is 0 Å². The smallest absolute Gasteiger partial charge is 0.234 e. The Morgan fingerprint density at radius 1 is 0.917 bits per heavy atom. The van der Waals surface area contributed by atoms with E-state index in [1.807, 2.05) is 0 Å². The third-order valence-corrected chi connectivity index (χ3v) is 5.88. The van der Waals surface area contributed by atoms with E-state index in [1.54, 1.807) is 0 Å². The fourth-order valence-electron chi connectivity index (χ4n) is 4.18. The average Bonchev–Trinajstić information content (AvgIpc) is 3.40. The maximum atomic E-state index is 12.0. The van der Waals surface area contributed by atoms with Gasteiger partial charge in [-0.25, -0.2) is 0 Å². The van der Waals surface area contributed by atoms with Crippen LogP contribution >= 0.6 is 0 Å². The lowest BCUT2D eigenvalue weighted by molar-refractivity contribution is -0.134. The predicted octanol–water partition coefficient (Wildman–Crippen LogP) is 3.22. The van der Waals surface area contributed by atoms with Crippen LogP contribution in [0.15, 0.2) is 24.3 Å². The molecule has 3 fully saturated rings. The molecule has 1 saturated carbocycles. The van der Waals surface area contributed by atoms with Crippen LogP contribution in [0.2, 0.25) is 0 Å². The zero-order valence-electron chi connectivity index (χ0n) is 14.2. The number of piperidine rings is 2. The van der Waals surface area contributed by atoms with E-state index in [1.165, 1.54) is 37.8 Å². The predicted molar refractivity (Wildman–Crippen MR) is 93.8 cm³/mol. The van der Waals surface area contributed by atoms with Crippen LogP contribution in [0.25, 0.3) is 0 Å². The normalized spacial score (nSPS) is 25.7. The zero-order chi connectivity index (χ0) is 16.5. The molecule has 3 aliphatic rings. The fourth-order valence-corrected chi connectivity index (χ4v) is 4.18. The molecule has 1 atom stereocenters. The molecule has 2 heterocycles. The van der Waals surface area contributed by atoms with E-state index < -0.39 is 0 Å². The summed E-state index contributed by atoms with van der Waals surface area (Å²) in [4.78, 5) is 25.7. The minimum absolute atomic E-state index is 0.151. The highest BCUT2D eigenvalue weighted by atomic mass is 16.2. The number of hydrogen-bond donors (Lipinski definition) is 1. The molecule has 128 valence electrons. The first-order valence-corrected chi connectivity index (χ1v) is 9.37. The molecule has 4 nitrogen and oxygen atoms in total. The molecule has 0 bridgehead atoms. The van der Waals surface area contributed by atoms with Crippen molar-refractivity contribution in [1.82, 2.24) is 5.32 Å². The summed E-state index contributed by atoms with van der Waals surface area (Å²) in [5.74, 6) is 1.48. The maximum Gasteiger partial charge on any atom is 0.234 e. The number of nitrogens with one attached hydrogen (secondary N) is 1. The average molecular weight is 326 g/mol. The molecule has 2 saturated heterocycles. The second-order valence-corrected chi connectivity index (χ2v) is 7.70. The van der Waals surface area contributed by atoms with Gasteiger partial charge in [0.15, 0.2) is 0 Å². The summed E-state index contributed by atoms with van der Waals surface area (Å²) in [5.41, 5.74) is 2.28. The molecule has 0 spiro atoms. The molecule has 0 aromatic heterocycles. The third kappa shape index (κ3) is 3.47. The number of amides is 2. The number of carbonyl (C=O) groups is 2. The van der Waals surface area contributed by atoms with Gasteiger partial charge in [-0.1, -0.05) is 25.0 Å². The van der Waals surface area contributed by atoms with Crippen LogP contribution in [0.3, 0.4) is 0 Å². The van der Waals surface area contributed by atoms with Gasteiger partial charge in [0.2, 0.25) is 11.8 Å². The molecular formula is C20H26N2O2. The lowest BCUT2D eigenvalue weighted by atomic mass is 9.89. The lowest BCUT2D eigenvalue weighted by Crippen LogP contribution is -2.39. The van der Waals surface area contributed by atoms with E-state index in [2.05, 4.69) is 34.5 Å². The second kappa shape index (κ2) is 6.58. The first-order valence-electron chi connectivity index (χ1n) is 9.37. The van der Waals surface area contributed by atoms with Crippen molar-refractivity contribution < 1.29 is 9.59 Å². The van der Waals surface area contributed by atoms with Crippen molar-refractivity contribution in [2.24, 2.45) is 11.8 Å². The van der Waals surface area contributed by atoms with Crippen molar-refractivity contribution in [3.63, 3.8) is 0 Å². The van der Waals surface area contributed by atoms with Crippen molar-refractivity contribution in [3.8, 4) is 0 Å². The Morgan fingerprint density at radius 3 is 2.21 bits per heavy atom. The molecule has 2 aliphatic heterocycles. The SMILES string of the molecule is O=C1CCC(c2ccc(N3CCC(CC4CC4)CC3)cc2)C(=O)N1. The standard InChI is InChI=1S/C20H26N2O2/c23-19-8-7-18(20(24)21-19)16-3-5-17(6-4-16)22-11-9-15(10-12-22)13-14-1-2-14/h3-6,14-15,18H,1-2,7-13H2,(H,21,23,24). The Labute approximate surface area is 143 Å². The van der Waals surface area contributed by atoms with Crippen LogP contribution in [0.4, 0.5) is 5.69 Å². The van der Waals surface area contributed by atoms with E-state index in [0.717, 1.165) is 30.5 Å². The van der Waals surface area contributed by atoms with Crippen molar-refractivity contribution in [2.45, 2.75) is 50.9 Å². The highest BCUT2D eigenvalue weighted by Gasteiger charge is 2.29. The van der Waals surface area contributed by atoms with Gasteiger partial charge in [-0.15, -0.1) is 0 Å². The van der Waals surface area contributed by atoms with Crippen LogP contribution < -0.4 is 10.2 Å². The number of benzene rings is 1. The molecule has 4 heteroatoms. The van der Waals surface area contributed by atoms with Crippen molar-refractivity contribution >= 4 is 17.5 Å². The largest absolute Gasteiger partial charge is 0.372 e. The number of imide groups is 1. The van der Waals surface area contributed by atoms with Gasteiger partial charge >= 0.3 is 0 Å². The molecule has 24 heavy (non-hydrogen) atoms. The summed E-state index contributed by atoms with van der Waals surface area (Å²) >= 11 is 0. The van der Waals surface area contributed by atoms with Gasteiger partial charge in [0.05, 0.1) is 5.92 Å². The van der Waals surface area contributed by atoms with Gasteiger partial charge < -0.3 is 4.90 Å². The lowest BCUT2D eigenvalue weighted by Gasteiger charge is -2.34. The summed E-state index contributed by atoms with van der Waals surface area (Å²) in [6.45, 7) is 2.30. The Kier molecular flexibility index (Phi) is 4.30. The van der Waals surface area contributed by atoms with Crippen molar-refractivity contribution in [3.05, 3.63) is 29.8 Å². The molecule has 1 aliphatic carbocycles. The Balaban J connectivity index is 1.35. The first kappa shape index (κ1) is 15.7. The number of rotatable bonds is 4. The molecule has 1 unspecified atom stereocenters. The molecule has 4 rings (SSSR count).